The van der Waals surface area contributed by atoms with Gasteiger partial charge < -0.3 is 9.15 Å². The molecule has 0 saturated carbocycles. The second-order valence-corrected chi connectivity index (χ2v) is 13.2. The molecule has 4 rings (SSSR count). The summed E-state index contributed by atoms with van der Waals surface area (Å²) in [7, 11) is -3.75. The number of sulfonamides is 1. The van der Waals surface area contributed by atoms with Gasteiger partial charge in [0.2, 0.25) is 21.2 Å². The fraction of sp³-hybridized carbons (Fsp3) is 0.393. The Kier molecular flexibility index (Phi) is 8.89. The Morgan fingerprint density at radius 1 is 0.974 bits per heavy atom. The minimum Gasteiger partial charge on any atom is -0.482 e. The summed E-state index contributed by atoms with van der Waals surface area (Å²) < 4.78 is 39.1. The Balaban J connectivity index is 1.35. The molecule has 1 aliphatic heterocycles. The van der Waals surface area contributed by atoms with E-state index in [-0.39, 0.29) is 33.1 Å². The topological polar surface area (TPSA) is 80.1 Å². The van der Waals surface area contributed by atoms with Crippen LogP contribution in [0.4, 0.5) is 0 Å². The van der Waals surface area contributed by atoms with Crippen molar-refractivity contribution in [3.8, 4) is 5.75 Å². The molecular weight excluding hydrogens is 547 g/mol. The molecule has 0 aliphatic carbocycles. The van der Waals surface area contributed by atoms with Crippen molar-refractivity contribution in [3.63, 3.8) is 0 Å². The van der Waals surface area contributed by atoms with E-state index in [1.54, 1.807) is 0 Å². The summed E-state index contributed by atoms with van der Waals surface area (Å²) in [5.41, 5.74) is 2.01. The van der Waals surface area contributed by atoms with Gasteiger partial charge in [0.25, 0.3) is 0 Å². The van der Waals surface area contributed by atoms with Crippen LogP contribution in [0.1, 0.15) is 44.1 Å². The van der Waals surface area contributed by atoms with Crippen LogP contribution >= 0.6 is 23.2 Å². The minimum absolute atomic E-state index is 0.0451. The highest BCUT2D eigenvalue weighted by molar-refractivity contribution is 7.89. The van der Waals surface area contributed by atoms with Crippen molar-refractivity contribution in [1.82, 2.24) is 9.21 Å². The monoisotopic (exact) mass is 578 g/mol. The first-order valence-electron chi connectivity index (χ1n) is 12.4. The van der Waals surface area contributed by atoms with E-state index in [1.807, 2.05) is 12.1 Å². The molecule has 38 heavy (non-hydrogen) atoms. The third-order valence-corrected chi connectivity index (χ3v) is 9.12. The Morgan fingerprint density at radius 2 is 1.71 bits per heavy atom. The van der Waals surface area contributed by atoms with Crippen LogP contribution in [-0.4, -0.2) is 43.8 Å². The Labute approximate surface area is 234 Å². The zero-order valence-corrected chi connectivity index (χ0v) is 24.1. The van der Waals surface area contributed by atoms with Gasteiger partial charge in [0.1, 0.15) is 23.5 Å². The van der Waals surface area contributed by atoms with Gasteiger partial charge in [-0.15, -0.1) is 0 Å². The number of benzene rings is 2. The summed E-state index contributed by atoms with van der Waals surface area (Å²) in [6.07, 6.45) is 1.97. The van der Waals surface area contributed by atoms with Gasteiger partial charge in [-0.25, -0.2) is 8.42 Å². The first kappa shape index (κ1) is 28.6. The Hall–Kier alpha value is -2.36. The number of halogens is 2. The zero-order valence-electron chi connectivity index (χ0n) is 21.7. The molecule has 204 valence electrons. The molecule has 0 N–H and O–H groups in total. The van der Waals surface area contributed by atoms with Crippen molar-refractivity contribution in [2.75, 3.05) is 26.2 Å². The van der Waals surface area contributed by atoms with Gasteiger partial charge in [0.05, 0.1) is 11.6 Å². The van der Waals surface area contributed by atoms with E-state index in [1.165, 1.54) is 40.4 Å². The van der Waals surface area contributed by atoms with Crippen LogP contribution in [-0.2, 0) is 28.6 Å². The predicted octanol–water partition coefficient (Wildman–Crippen LogP) is 5.72. The van der Waals surface area contributed by atoms with Gasteiger partial charge in [0, 0.05) is 30.7 Å². The van der Waals surface area contributed by atoms with Crippen LogP contribution in [0.2, 0.25) is 10.0 Å². The second kappa shape index (κ2) is 11.8. The van der Waals surface area contributed by atoms with Crippen LogP contribution in [0.15, 0.2) is 68.9 Å². The molecule has 0 spiro atoms. The van der Waals surface area contributed by atoms with Crippen LogP contribution in [0, 0.1) is 0 Å². The van der Waals surface area contributed by atoms with Crippen molar-refractivity contribution in [1.29, 1.82) is 0 Å². The molecule has 0 unspecified atom stereocenters. The van der Waals surface area contributed by atoms with E-state index < -0.39 is 10.0 Å². The number of ether oxygens (including phenoxy) is 1. The molecular formula is C28H32Cl2N2O5S. The second-order valence-electron chi connectivity index (χ2n) is 10.4. The molecule has 0 bridgehead atoms. The van der Waals surface area contributed by atoms with Crippen LogP contribution in [0.25, 0.3) is 0 Å². The quantitative estimate of drug-likeness (QED) is 0.356. The summed E-state index contributed by atoms with van der Waals surface area (Å²) in [5.74, 6) is 0.649. The molecule has 10 heteroatoms. The van der Waals surface area contributed by atoms with Crippen LogP contribution in [0.5, 0.6) is 5.75 Å². The summed E-state index contributed by atoms with van der Waals surface area (Å²) in [6.45, 7) is 8.93. The largest absolute Gasteiger partial charge is 0.482 e. The minimum atomic E-state index is -3.75. The molecule has 1 fully saturated rings. The van der Waals surface area contributed by atoms with E-state index in [0.717, 1.165) is 5.56 Å². The van der Waals surface area contributed by atoms with E-state index in [0.29, 0.717) is 49.9 Å². The number of rotatable bonds is 7. The van der Waals surface area contributed by atoms with Gasteiger partial charge in [-0.3, -0.25) is 9.69 Å². The standard InChI is InChI=1S/C28H32Cl2N2O5S/c1-28(2,3)21-7-5-20(6-8-21)18-37-26-19-36-23(16-25(26)33)17-31-11-4-12-32(14-13-31)38(34,35)27-10-9-22(29)15-24(27)30/h5-10,15-16,19H,4,11-14,17-18H2,1-3H3. The summed E-state index contributed by atoms with van der Waals surface area (Å²) >= 11 is 12.1. The van der Waals surface area contributed by atoms with Gasteiger partial charge in [0.15, 0.2) is 0 Å². The molecule has 0 radical (unpaired) electrons. The molecule has 3 aromatic rings. The lowest BCUT2D eigenvalue weighted by atomic mass is 9.87. The SMILES string of the molecule is CC(C)(C)c1ccc(COc2coc(CN3CCCN(S(=O)(=O)c4ccc(Cl)cc4Cl)CC3)cc2=O)cc1. The molecule has 1 aliphatic rings. The average Bonchev–Trinajstić information content (AvgIpc) is 3.09. The lowest BCUT2D eigenvalue weighted by Gasteiger charge is -2.22. The van der Waals surface area contributed by atoms with Gasteiger partial charge in [-0.2, -0.15) is 4.31 Å². The van der Waals surface area contributed by atoms with Gasteiger partial charge in [-0.1, -0.05) is 68.2 Å². The predicted molar refractivity (Wildman–Crippen MR) is 150 cm³/mol. The van der Waals surface area contributed by atoms with E-state index in [9.17, 15) is 13.2 Å². The summed E-state index contributed by atoms with van der Waals surface area (Å²) in [6, 6.07) is 14.0. The fourth-order valence-electron chi connectivity index (χ4n) is 4.28. The maximum atomic E-state index is 13.1. The lowest BCUT2D eigenvalue weighted by molar-refractivity contribution is 0.245. The lowest BCUT2D eigenvalue weighted by Crippen LogP contribution is -2.35. The molecule has 0 atom stereocenters. The van der Waals surface area contributed by atoms with Gasteiger partial charge >= 0.3 is 0 Å². The molecule has 2 heterocycles. The average molecular weight is 580 g/mol. The number of hydrogen-bond donors (Lipinski definition) is 0. The Morgan fingerprint density at radius 3 is 2.37 bits per heavy atom. The van der Waals surface area contributed by atoms with Crippen molar-refractivity contribution in [2.45, 2.75) is 50.7 Å². The highest BCUT2D eigenvalue weighted by Crippen LogP contribution is 2.28. The van der Waals surface area contributed by atoms with Gasteiger partial charge in [-0.05, 0) is 47.7 Å². The maximum Gasteiger partial charge on any atom is 0.244 e. The first-order valence-corrected chi connectivity index (χ1v) is 14.6. The van der Waals surface area contributed by atoms with E-state index >= 15 is 0 Å². The third kappa shape index (κ3) is 6.98. The number of hydrogen-bond acceptors (Lipinski definition) is 6. The van der Waals surface area contributed by atoms with Crippen LogP contribution in [0.3, 0.4) is 0 Å². The third-order valence-electron chi connectivity index (χ3n) is 6.51. The molecule has 2 aromatic carbocycles. The van der Waals surface area contributed by atoms with Crippen molar-refractivity contribution >= 4 is 33.2 Å². The fourth-order valence-corrected chi connectivity index (χ4v) is 6.49. The smallest absolute Gasteiger partial charge is 0.244 e. The maximum absolute atomic E-state index is 13.1. The summed E-state index contributed by atoms with van der Waals surface area (Å²) in [4.78, 5) is 14.7. The molecule has 1 saturated heterocycles. The molecule has 1 aromatic heterocycles. The van der Waals surface area contributed by atoms with Crippen molar-refractivity contribution in [3.05, 3.63) is 91.9 Å². The molecule has 7 nitrogen and oxygen atoms in total. The first-order chi connectivity index (χ1) is 17.9. The normalized spacial score (nSPS) is 15.8. The summed E-state index contributed by atoms with van der Waals surface area (Å²) in [5, 5.41) is 0.480. The zero-order chi connectivity index (χ0) is 27.5. The van der Waals surface area contributed by atoms with Crippen LogP contribution < -0.4 is 10.2 Å². The van der Waals surface area contributed by atoms with E-state index in [2.05, 4.69) is 37.8 Å². The highest BCUT2D eigenvalue weighted by atomic mass is 35.5. The van der Waals surface area contributed by atoms with Crippen molar-refractivity contribution < 1.29 is 17.6 Å². The van der Waals surface area contributed by atoms with E-state index in [4.69, 9.17) is 32.4 Å². The van der Waals surface area contributed by atoms with Crippen molar-refractivity contribution in [2.24, 2.45) is 0 Å². The Bertz CT molecular complexity index is 1430. The molecule has 0 amide bonds. The highest BCUT2D eigenvalue weighted by Gasteiger charge is 2.29. The number of nitrogens with zero attached hydrogens (tertiary/aromatic N) is 2.